The number of hydrogen-bond acceptors (Lipinski definition) is 3. The number of nitrogens with zero attached hydrogens (tertiary/aromatic N) is 1. The molecular weight excluding hydrogens is 244 g/mol. The largest absolute Gasteiger partial charge is 0.478 e. The number of carboxylic acids is 1. The van der Waals surface area contributed by atoms with Gasteiger partial charge >= 0.3 is 5.97 Å². The van der Waals surface area contributed by atoms with Crippen LogP contribution in [0.15, 0.2) is 24.3 Å². The lowest BCUT2D eigenvalue weighted by Crippen LogP contribution is -2.30. The second kappa shape index (κ2) is 5.84. The summed E-state index contributed by atoms with van der Waals surface area (Å²) in [6.07, 6.45) is 2.87. The molecule has 0 saturated heterocycles. The number of anilines is 1. The second-order valence-electron chi connectivity index (χ2n) is 4.78. The molecule has 0 aliphatic heterocycles. The summed E-state index contributed by atoms with van der Waals surface area (Å²) in [7, 11) is 1.70. The van der Waals surface area contributed by atoms with Crippen LogP contribution in [-0.2, 0) is 4.79 Å². The summed E-state index contributed by atoms with van der Waals surface area (Å²) in [5, 5.41) is 12.1. The highest BCUT2D eigenvalue weighted by atomic mass is 16.4. The minimum Gasteiger partial charge on any atom is -0.478 e. The molecule has 102 valence electrons. The molecule has 5 heteroatoms. The van der Waals surface area contributed by atoms with Gasteiger partial charge in [-0.1, -0.05) is 0 Å². The van der Waals surface area contributed by atoms with Gasteiger partial charge in [-0.25, -0.2) is 4.79 Å². The predicted octanol–water partition coefficient (Wildman–Crippen LogP) is 1.49. The van der Waals surface area contributed by atoms with Gasteiger partial charge in [-0.2, -0.15) is 0 Å². The first kappa shape index (κ1) is 13.5. The highest BCUT2D eigenvalue weighted by Crippen LogP contribution is 2.18. The molecule has 1 aromatic carbocycles. The number of amides is 1. The molecule has 1 saturated carbocycles. The van der Waals surface area contributed by atoms with Gasteiger partial charge in [-0.3, -0.25) is 4.79 Å². The first-order valence-corrected chi connectivity index (χ1v) is 6.41. The number of hydrogen-bond donors (Lipinski definition) is 2. The van der Waals surface area contributed by atoms with Crippen molar-refractivity contribution in [3.63, 3.8) is 0 Å². The van der Waals surface area contributed by atoms with Crippen LogP contribution in [0.1, 0.15) is 29.6 Å². The molecule has 2 rings (SSSR count). The molecule has 0 aromatic heterocycles. The third-order valence-corrected chi connectivity index (χ3v) is 3.22. The maximum Gasteiger partial charge on any atom is 0.335 e. The van der Waals surface area contributed by atoms with Crippen LogP contribution in [0, 0.1) is 0 Å². The van der Waals surface area contributed by atoms with Crippen LogP contribution in [0.3, 0.4) is 0 Å². The summed E-state index contributed by atoms with van der Waals surface area (Å²) in [5.41, 5.74) is 0.932. The monoisotopic (exact) mass is 262 g/mol. The Kier molecular flexibility index (Phi) is 4.16. The summed E-state index contributed by atoms with van der Waals surface area (Å²) in [4.78, 5) is 24.2. The molecule has 0 heterocycles. The normalized spacial score (nSPS) is 14.2. The zero-order chi connectivity index (χ0) is 13.8. The molecule has 2 N–H and O–H groups in total. The Balaban J connectivity index is 1.87. The van der Waals surface area contributed by atoms with E-state index in [1.54, 1.807) is 24.1 Å². The van der Waals surface area contributed by atoms with Gasteiger partial charge in [0.1, 0.15) is 0 Å². The van der Waals surface area contributed by atoms with Crippen molar-refractivity contribution in [2.24, 2.45) is 0 Å². The van der Waals surface area contributed by atoms with Gasteiger partial charge in [0.05, 0.1) is 5.56 Å². The van der Waals surface area contributed by atoms with Crippen molar-refractivity contribution < 1.29 is 14.7 Å². The number of carbonyl (C=O) groups is 2. The standard InChI is InChI=1S/C14H18N2O3/c1-16(13(17)8-9-15-11-4-5-11)12-6-2-10(3-7-12)14(18)19/h2-3,6-7,11,15H,4-5,8-9H2,1H3,(H,18,19). The van der Waals surface area contributed by atoms with Gasteiger partial charge in [0.15, 0.2) is 0 Å². The van der Waals surface area contributed by atoms with Gasteiger partial charge in [0, 0.05) is 31.7 Å². The van der Waals surface area contributed by atoms with Gasteiger partial charge in [0.2, 0.25) is 5.91 Å². The fourth-order valence-corrected chi connectivity index (χ4v) is 1.81. The molecular formula is C14H18N2O3. The molecule has 1 fully saturated rings. The van der Waals surface area contributed by atoms with Gasteiger partial charge in [-0.05, 0) is 37.1 Å². The number of benzene rings is 1. The van der Waals surface area contributed by atoms with Crippen molar-refractivity contribution in [1.82, 2.24) is 5.32 Å². The number of carboxylic acid groups (broad SMARTS) is 1. The maximum absolute atomic E-state index is 11.9. The molecule has 0 radical (unpaired) electrons. The van der Waals surface area contributed by atoms with Crippen molar-refractivity contribution in [3.05, 3.63) is 29.8 Å². The minimum absolute atomic E-state index is 0.0243. The minimum atomic E-state index is -0.964. The smallest absolute Gasteiger partial charge is 0.335 e. The SMILES string of the molecule is CN(C(=O)CCNC1CC1)c1ccc(C(=O)O)cc1. The van der Waals surface area contributed by atoms with Crippen molar-refractivity contribution in [2.45, 2.75) is 25.3 Å². The van der Waals surface area contributed by atoms with E-state index in [0.717, 1.165) is 0 Å². The molecule has 0 unspecified atom stereocenters. The average Bonchev–Trinajstić information content (AvgIpc) is 3.22. The highest BCUT2D eigenvalue weighted by molar-refractivity contribution is 5.94. The van der Waals surface area contributed by atoms with Crippen LogP contribution in [0.25, 0.3) is 0 Å². The third-order valence-electron chi connectivity index (χ3n) is 3.22. The van der Waals surface area contributed by atoms with E-state index in [1.807, 2.05) is 0 Å². The molecule has 1 aliphatic carbocycles. The number of aromatic carboxylic acids is 1. The molecule has 0 spiro atoms. The van der Waals surface area contributed by atoms with Crippen LogP contribution in [0.4, 0.5) is 5.69 Å². The van der Waals surface area contributed by atoms with E-state index in [-0.39, 0.29) is 11.5 Å². The average molecular weight is 262 g/mol. The number of carbonyl (C=O) groups excluding carboxylic acids is 1. The third kappa shape index (κ3) is 3.79. The van der Waals surface area contributed by atoms with Crippen LogP contribution in [0.5, 0.6) is 0 Å². The van der Waals surface area contributed by atoms with E-state index >= 15 is 0 Å². The highest BCUT2D eigenvalue weighted by Gasteiger charge is 2.20. The van der Waals surface area contributed by atoms with Crippen LogP contribution in [0.2, 0.25) is 0 Å². The summed E-state index contributed by atoms with van der Waals surface area (Å²) in [6, 6.07) is 6.91. The van der Waals surface area contributed by atoms with Gasteiger partial charge in [-0.15, -0.1) is 0 Å². The first-order valence-electron chi connectivity index (χ1n) is 6.41. The van der Waals surface area contributed by atoms with Gasteiger partial charge in [0.25, 0.3) is 0 Å². The fourth-order valence-electron chi connectivity index (χ4n) is 1.81. The van der Waals surface area contributed by atoms with Crippen molar-refractivity contribution in [3.8, 4) is 0 Å². The Morgan fingerprint density at radius 2 is 1.95 bits per heavy atom. The fraction of sp³-hybridized carbons (Fsp3) is 0.429. The Labute approximate surface area is 112 Å². The molecule has 5 nitrogen and oxygen atoms in total. The lowest BCUT2D eigenvalue weighted by molar-refractivity contribution is -0.118. The van der Waals surface area contributed by atoms with Crippen LogP contribution < -0.4 is 10.2 Å². The molecule has 19 heavy (non-hydrogen) atoms. The summed E-state index contributed by atoms with van der Waals surface area (Å²) in [5.74, 6) is -0.939. The topological polar surface area (TPSA) is 69.6 Å². The molecule has 0 atom stereocenters. The Hall–Kier alpha value is -1.88. The van der Waals surface area contributed by atoms with E-state index in [4.69, 9.17) is 5.11 Å². The Morgan fingerprint density at radius 3 is 2.47 bits per heavy atom. The van der Waals surface area contributed by atoms with Crippen molar-refractivity contribution in [1.29, 1.82) is 0 Å². The molecule has 1 aromatic rings. The maximum atomic E-state index is 11.9. The zero-order valence-corrected chi connectivity index (χ0v) is 10.9. The van der Waals surface area contributed by atoms with Crippen LogP contribution >= 0.6 is 0 Å². The number of rotatable bonds is 6. The quantitative estimate of drug-likeness (QED) is 0.815. The van der Waals surface area contributed by atoms with E-state index in [1.165, 1.54) is 25.0 Å². The Bertz CT molecular complexity index is 466. The van der Waals surface area contributed by atoms with Crippen LogP contribution in [-0.4, -0.2) is 36.6 Å². The first-order chi connectivity index (χ1) is 9.08. The van der Waals surface area contributed by atoms with E-state index < -0.39 is 5.97 Å². The lowest BCUT2D eigenvalue weighted by Gasteiger charge is -2.17. The predicted molar refractivity (Wildman–Crippen MR) is 72.5 cm³/mol. The van der Waals surface area contributed by atoms with Crippen molar-refractivity contribution in [2.75, 3.05) is 18.5 Å². The molecule has 0 bridgehead atoms. The summed E-state index contributed by atoms with van der Waals surface area (Å²) in [6.45, 7) is 0.695. The number of nitrogens with one attached hydrogen (secondary N) is 1. The lowest BCUT2D eigenvalue weighted by atomic mass is 10.2. The molecule has 1 aliphatic rings. The van der Waals surface area contributed by atoms with E-state index in [2.05, 4.69) is 5.32 Å². The van der Waals surface area contributed by atoms with Gasteiger partial charge < -0.3 is 15.3 Å². The van der Waals surface area contributed by atoms with E-state index in [9.17, 15) is 9.59 Å². The Morgan fingerprint density at radius 1 is 1.32 bits per heavy atom. The summed E-state index contributed by atoms with van der Waals surface area (Å²) < 4.78 is 0. The zero-order valence-electron chi connectivity index (χ0n) is 10.9. The summed E-state index contributed by atoms with van der Waals surface area (Å²) >= 11 is 0. The van der Waals surface area contributed by atoms with E-state index in [0.29, 0.717) is 24.7 Å². The molecule has 1 amide bonds. The van der Waals surface area contributed by atoms with Crippen molar-refractivity contribution >= 4 is 17.6 Å². The second-order valence-corrected chi connectivity index (χ2v) is 4.78.